The molecule has 0 spiro atoms. The van der Waals surface area contributed by atoms with E-state index in [1.165, 1.54) is 43.5 Å². The van der Waals surface area contributed by atoms with Crippen LogP contribution in [0.15, 0.2) is 57.7 Å². The van der Waals surface area contributed by atoms with Crippen LogP contribution >= 0.6 is 0 Å². The van der Waals surface area contributed by atoms with Gasteiger partial charge in [0, 0.05) is 25.1 Å². The molecule has 0 fully saturated rings. The van der Waals surface area contributed by atoms with Gasteiger partial charge in [0.05, 0.1) is 17.7 Å². The van der Waals surface area contributed by atoms with Crippen LogP contribution in [0.1, 0.15) is 44.9 Å². The lowest BCUT2D eigenvalue weighted by Gasteiger charge is -2.27. The van der Waals surface area contributed by atoms with Gasteiger partial charge in [0.1, 0.15) is 22.9 Å². The van der Waals surface area contributed by atoms with E-state index in [0.29, 0.717) is 5.39 Å². The van der Waals surface area contributed by atoms with E-state index in [-0.39, 0.29) is 41.2 Å². The lowest BCUT2D eigenvalue weighted by Crippen LogP contribution is -2.49. The number of nitrogens with one attached hydrogen (secondary N) is 1. The molecule has 0 radical (unpaired) electrons. The van der Waals surface area contributed by atoms with E-state index >= 15 is 0 Å². The van der Waals surface area contributed by atoms with Crippen LogP contribution in [0.4, 0.5) is 0 Å². The van der Waals surface area contributed by atoms with Gasteiger partial charge in [-0.15, -0.1) is 0 Å². The van der Waals surface area contributed by atoms with E-state index in [0.717, 1.165) is 4.90 Å². The van der Waals surface area contributed by atoms with Crippen LogP contribution in [0.3, 0.4) is 0 Å². The van der Waals surface area contributed by atoms with Crippen molar-refractivity contribution in [3.63, 3.8) is 0 Å². The minimum absolute atomic E-state index is 0.0511. The van der Waals surface area contributed by atoms with E-state index in [4.69, 9.17) is 13.9 Å². The Morgan fingerprint density at radius 2 is 1.67 bits per heavy atom. The van der Waals surface area contributed by atoms with E-state index in [1.807, 2.05) is 0 Å². The Balaban J connectivity index is 1.57. The molecule has 0 bridgehead atoms. The Labute approximate surface area is 205 Å². The number of esters is 1. The quantitative estimate of drug-likeness (QED) is 0.167. The molecule has 0 saturated heterocycles. The third-order valence-corrected chi connectivity index (χ3v) is 5.74. The van der Waals surface area contributed by atoms with Crippen molar-refractivity contribution >= 4 is 34.7 Å². The monoisotopic (exact) mass is 492 g/mol. The summed E-state index contributed by atoms with van der Waals surface area (Å²) in [5.74, 6) is -2.92. The second-order valence-corrected chi connectivity index (χ2v) is 8.53. The average Bonchev–Trinajstić information content (AvgIpc) is 3.09. The van der Waals surface area contributed by atoms with Gasteiger partial charge >= 0.3 is 11.6 Å². The van der Waals surface area contributed by atoms with E-state index in [1.54, 1.807) is 26.0 Å². The molecule has 186 valence electrons. The van der Waals surface area contributed by atoms with Gasteiger partial charge in [-0.05, 0) is 36.2 Å². The number of rotatable bonds is 8. The molecule has 1 aliphatic rings. The summed E-state index contributed by atoms with van der Waals surface area (Å²) < 4.78 is 15.6. The second kappa shape index (κ2) is 10.1. The van der Waals surface area contributed by atoms with Gasteiger partial charge in [-0.2, -0.15) is 0 Å². The fourth-order valence-electron chi connectivity index (χ4n) is 3.99. The summed E-state index contributed by atoms with van der Waals surface area (Å²) in [6.45, 7) is 3.92. The minimum Gasteiger partial charge on any atom is -0.425 e. The summed E-state index contributed by atoms with van der Waals surface area (Å²) in [6, 6.07) is 10.9. The van der Waals surface area contributed by atoms with Gasteiger partial charge in [-0.25, -0.2) is 9.59 Å². The van der Waals surface area contributed by atoms with Gasteiger partial charge in [-0.1, -0.05) is 26.0 Å². The van der Waals surface area contributed by atoms with Crippen LogP contribution in [-0.4, -0.2) is 54.9 Å². The maximum Gasteiger partial charge on any atom is 0.349 e. The molecule has 1 aliphatic heterocycles. The first-order chi connectivity index (χ1) is 17.2. The van der Waals surface area contributed by atoms with Gasteiger partial charge in [0.15, 0.2) is 0 Å². The van der Waals surface area contributed by atoms with Crippen molar-refractivity contribution in [3.05, 3.63) is 75.6 Å². The lowest BCUT2D eigenvalue weighted by molar-refractivity contribution is -0.140. The van der Waals surface area contributed by atoms with Gasteiger partial charge in [-0.3, -0.25) is 19.3 Å². The summed E-state index contributed by atoms with van der Waals surface area (Å²) in [6.07, 6.45) is 0. The number of imide groups is 1. The highest BCUT2D eigenvalue weighted by Crippen LogP contribution is 2.29. The van der Waals surface area contributed by atoms with Crippen LogP contribution in [0, 0.1) is 5.92 Å². The molecule has 3 aromatic rings. The normalized spacial score (nSPS) is 13.7. The predicted octanol–water partition coefficient (Wildman–Crippen LogP) is 2.40. The molecule has 0 aliphatic carbocycles. The molecule has 2 heterocycles. The zero-order valence-corrected chi connectivity index (χ0v) is 19.9. The van der Waals surface area contributed by atoms with Gasteiger partial charge < -0.3 is 19.2 Å². The molecule has 1 aromatic heterocycles. The molecule has 1 atom stereocenters. The molecule has 4 rings (SSSR count). The highest BCUT2D eigenvalue weighted by Gasteiger charge is 2.44. The smallest absolute Gasteiger partial charge is 0.349 e. The number of hydrogen-bond donors (Lipinski definition) is 1. The number of fused-ring (bicyclic) bond motifs is 2. The summed E-state index contributed by atoms with van der Waals surface area (Å²) in [5.41, 5.74) is -0.465. The Morgan fingerprint density at radius 1 is 1.00 bits per heavy atom. The van der Waals surface area contributed by atoms with Crippen molar-refractivity contribution < 1.29 is 33.1 Å². The Bertz CT molecular complexity index is 1390. The molecule has 10 heteroatoms. The number of amides is 3. The van der Waals surface area contributed by atoms with Gasteiger partial charge in [0.25, 0.3) is 17.7 Å². The second-order valence-electron chi connectivity index (χ2n) is 8.53. The van der Waals surface area contributed by atoms with Crippen LogP contribution in [0.2, 0.25) is 0 Å². The number of carbonyl (C=O) groups is 4. The Morgan fingerprint density at radius 3 is 2.28 bits per heavy atom. The predicted molar refractivity (Wildman–Crippen MR) is 128 cm³/mol. The summed E-state index contributed by atoms with van der Waals surface area (Å²) in [4.78, 5) is 64.4. The van der Waals surface area contributed by atoms with Gasteiger partial charge in [0.2, 0.25) is 0 Å². The number of nitrogens with zero attached hydrogens (tertiary/aromatic N) is 1. The molecule has 1 unspecified atom stereocenters. The lowest BCUT2D eigenvalue weighted by atomic mass is 10.0. The fraction of sp³-hybridized carbons (Fsp3) is 0.269. The first-order valence-electron chi connectivity index (χ1n) is 11.3. The van der Waals surface area contributed by atoms with Crippen molar-refractivity contribution in [2.45, 2.75) is 19.9 Å². The van der Waals surface area contributed by atoms with E-state index in [2.05, 4.69) is 5.32 Å². The van der Waals surface area contributed by atoms with E-state index in [9.17, 15) is 24.0 Å². The summed E-state index contributed by atoms with van der Waals surface area (Å²) >= 11 is 0. The number of methoxy groups -OCH3 is 1. The van der Waals surface area contributed by atoms with Crippen molar-refractivity contribution in [1.29, 1.82) is 0 Å². The number of ether oxygens (including phenoxy) is 2. The molecule has 10 nitrogen and oxygen atoms in total. The molecule has 1 N–H and O–H groups in total. The topological polar surface area (TPSA) is 132 Å². The third kappa shape index (κ3) is 4.63. The maximum atomic E-state index is 13.1. The van der Waals surface area contributed by atoms with E-state index < -0.39 is 41.3 Å². The fourth-order valence-corrected chi connectivity index (χ4v) is 3.99. The first kappa shape index (κ1) is 24.8. The summed E-state index contributed by atoms with van der Waals surface area (Å²) in [7, 11) is 1.49. The first-order valence-corrected chi connectivity index (χ1v) is 11.3. The molecule has 2 aromatic carbocycles. The maximum absolute atomic E-state index is 13.1. The van der Waals surface area contributed by atoms with Crippen LogP contribution in [0.25, 0.3) is 11.0 Å². The van der Waals surface area contributed by atoms with Crippen LogP contribution < -0.4 is 15.7 Å². The standard InChI is InChI=1S/C26H24N2O8/c1-14(2)21(28-23(30)17-6-4-5-7-18(17)24(28)31)26(33)35-16-9-8-15-12-19(22(29)27-10-11-34-3)25(32)36-20(15)13-16/h4-9,12-14,21H,10-11H2,1-3H3,(H,27,29). The van der Waals surface area contributed by atoms with Crippen molar-refractivity contribution in [1.82, 2.24) is 10.2 Å². The number of hydrogen-bond acceptors (Lipinski definition) is 8. The number of benzene rings is 2. The van der Waals surface area contributed by atoms with Crippen molar-refractivity contribution in [2.24, 2.45) is 5.92 Å². The molecular formula is C26H24N2O8. The highest BCUT2D eigenvalue weighted by molar-refractivity contribution is 6.22. The SMILES string of the molecule is COCCNC(=O)c1cc2ccc(OC(=O)C(C(C)C)N3C(=O)c4ccccc4C3=O)cc2oc1=O. The highest BCUT2D eigenvalue weighted by atomic mass is 16.5. The zero-order valence-electron chi connectivity index (χ0n) is 19.9. The summed E-state index contributed by atoms with van der Waals surface area (Å²) in [5, 5.41) is 2.99. The Hall–Kier alpha value is -4.31. The number of carbonyl (C=O) groups excluding carboxylic acids is 4. The van der Waals surface area contributed by atoms with Crippen LogP contribution in [0.5, 0.6) is 5.75 Å². The molecular weight excluding hydrogens is 468 g/mol. The van der Waals surface area contributed by atoms with Crippen LogP contribution in [-0.2, 0) is 9.53 Å². The molecule has 0 saturated carbocycles. The largest absolute Gasteiger partial charge is 0.425 e. The van der Waals surface area contributed by atoms with Crippen molar-refractivity contribution in [3.8, 4) is 5.75 Å². The molecule has 36 heavy (non-hydrogen) atoms. The minimum atomic E-state index is -1.17. The zero-order chi connectivity index (χ0) is 26.0. The third-order valence-electron chi connectivity index (χ3n) is 5.74. The average molecular weight is 492 g/mol. The molecule has 3 amide bonds. The Kier molecular flexibility index (Phi) is 6.98. The van der Waals surface area contributed by atoms with Crippen molar-refractivity contribution in [2.75, 3.05) is 20.3 Å².